The maximum absolute atomic E-state index is 12.5. The van der Waals surface area contributed by atoms with Crippen LogP contribution < -0.4 is 9.47 Å². The summed E-state index contributed by atoms with van der Waals surface area (Å²) in [6.45, 7) is 0. The minimum atomic E-state index is -0.219. The summed E-state index contributed by atoms with van der Waals surface area (Å²) in [6.07, 6.45) is 0. The molecule has 0 atom stereocenters. The SMILES string of the molecule is COc1cc(OC)cc(C(=O)c2ccc(Cl)cc2Cl)c1. The summed E-state index contributed by atoms with van der Waals surface area (Å²) in [6, 6.07) is 9.72. The summed E-state index contributed by atoms with van der Waals surface area (Å²) in [4.78, 5) is 12.5. The molecule has 2 aromatic carbocycles. The molecule has 0 bridgehead atoms. The highest BCUT2D eigenvalue weighted by Crippen LogP contribution is 2.27. The molecule has 2 aromatic rings. The molecule has 0 fully saturated rings. The van der Waals surface area contributed by atoms with Crippen molar-refractivity contribution in [3.8, 4) is 11.5 Å². The zero-order valence-corrected chi connectivity index (χ0v) is 12.5. The first-order valence-electron chi connectivity index (χ1n) is 5.78. The molecule has 3 nitrogen and oxygen atoms in total. The van der Waals surface area contributed by atoms with E-state index in [0.29, 0.717) is 32.7 Å². The van der Waals surface area contributed by atoms with Crippen molar-refractivity contribution in [2.75, 3.05) is 14.2 Å². The predicted molar refractivity (Wildman–Crippen MR) is 79.4 cm³/mol. The number of ketones is 1. The van der Waals surface area contributed by atoms with Crippen LogP contribution in [0.25, 0.3) is 0 Å². The lowest BCUT2D eigenvalue weighted by Gasteiger charge is -2.09. The molecular weight excluding hydrogens is 299 g/mol. The van der Waals surface area contributed by atoms with Crippen LogP contribution in [0.5, 0.6) is 11.5 Å². The Kier molecular flexibility index (Phi) is 4.53. The van der Waals surface area contributed by atoms with Crippen LogP contribution in [0.2, 0.25) is 10.0 Å². The lowest BCUT2D eigenvalue weighted by atomic mass is 10.0. The Morgan fingerprint density at radius 1 is 0.950 bits per heavy atom. The molecule has 0 aliphatic carbocycles. The van der Waals surface area contributed by atoms with Gasteiger partial charge in [-0.1, -0.05) is 23.2 Å². The van der Waals surface area contributed by atoms with Crippen molar-refractivity contribution in [3.05, 3.63) is 57.6 Å². The summed E-state index contributed by atoms with van der Waals surface area (Å²) < 4.78 is 10.3. The van der Waals surface area contributed by atoms with E-state index in [1.54, 1.807) is 30.3 Å². The highest BCUT2D eigenvalue weighted by Gasteiger charge is 2.15. The number of carbonyl (C=O) groups is 1. The number of ether oxygens (including phenoxy) is 2. The van der Waals surface area contributed by atoms with Crippen LogP contribution in [0.15, 0.2) is 36.4 Å². The van der Waals surface area contributed by atoms with Crippen LogP contribution in [0.1, 0.15) is 15.9 Å². The monoisotopic (exact) mass is 310 g/mol. The first kappa shape index (κ1) is 14.7. The van der Waals surface area contributed by atoms with Crippen molar-refractivity contribution in [3.63, 3.8) is 0 Å². The van der Waals surface area contributed by atoms with E-state index in [2.05, 4.69) is 0 Å². The van der Waals surface area contributed by atoms with E-state index in [1.165, 1.54) is 20.3 Å². The van der Waals surface area contributed by atoms with Crippen molar-refractivity contribution in [1.82, 2.24) is 0 Å². The van der Waals surface area contributed by atoms with Crippen molar-refractivity contribution in [2.45, 2.75) is 0 Å². The lowest BCUT2D eigenvalue weighted by molar-refractivity contribution is 0.103. The van der Waals surface area contributed by atoms with Gasteiger partial charge in [0.15, 0.2) is 5.78 Å². The van der Waals surface area contributed by atoms with Gasteiger partial charge < -0.3 is 9.47 Å². The summed E-state index contributed by atoms with van der Waals surface area (Å²) in [5.41, 5.74) is 0.816. The third kappa shape index (κ3) is 3.06. The Morgan fingerprint density at radius 3 is 2.05 bits per heavy atom. The van der Waals surface area contributed by atoms with Gasteiger partial charge in [0.2, 0.25) is 0 Å². The fourth-order valence-corrected chi connectivity index (χ4v) is 2.26. The number of hydrogen-bond donors (Lipinski definition) is 0. The number of benzene rings is 2. The van der Waals surface area contributed by atoms with E-state index < -0.39 is 0 Å². The van der Waals surface area contributed by atoms with Gasteiger partial charge in [-0.15, -0.1) is 0 Å². The molecule has 0 amide bonds. The van der Waals surface area contributed by atoms with Gasteiger partial charge in [-0.2, -0.15) is 0 Å². The van der Waals surface area contributed by atoms with Crippen molar-refractivity contribution in [1.29, 1.82) is 0 Å². The smallest absolute Gasteiger partial charge is 0.194 e. The second-order valence-electron chi connectivity index (χ2n) is 4.05. The normalized spacial score (nSPS) is 10.2. The molecule has 0 saturated carbocycles. The summed E-state index contributed by atoms with van der Waals surface area (Å²) in [5, 5.41) is 0.791. The zero-order chi connectivity index (χ0) is 14.7. The molecule has 0 aliphatic rings. The molecule has 0 unspecified atom stereocenters. The van der Waals surface area contributed by atoms with Crippen LogP contribution >= 0.6 is 23.2 Å². The minimum Gasteiger partial charge on any atom is -0.497 e. The Morgan fingerprint density at radius 2 is 1.55 bits per heavy atom. The maximum Gasteiger partial charge on any atom is 0.194 e. The number of hydrogen-bond acceptors (Lipinski definition) is 3. The average molecular weight is 311 g/mol. The Labute approximate surface area is 127 Å². The Balaban J connectivity index is 2.47. The quantitative estimate of drug-likeness (QED) is 0.792. The molecule has 0 saturated heterocycles. The molecule has 0 radical (unpaired) electrons. The molecule has 0 aliphatic heterocycles. The van der Waals surface area contributed by atoms with Crippen molar-refractivity contribution < 1.29 is 14.3 Å². The highest BCUT2D eigenvalue weighted by atomic mass is 35.5. The van der Waals surface area contributed by atoms with Crippen LogP contribution in [0, 0.1) is 0 Å². The van der Waals surface area contributed by atoms with Gasteiger partial charge in [0.1, 0.15) is 11.5 Å². The van der Waals surface area contributed by atoms with Crippen LogP contribution in [-0.4, -0.2) is 20.0 Å². The largest absolute Gasteiger partial charge is 0.497 e. The third-order valence-corrected chi connectivity index (χ3v) is 3.34. The Hall–Kier alpha value is -1.71. The molecule has 0 aromatic heterocycles. The topological polar surface area (TPSA) is 35.5 Å². The van der Waals surface area contributed by atoms with Crippen molar-refractivity contribution in [2.24, 2.45) is 0 Å². The van der Waals surface area contributed by atoms with Gasteiger partial charge in [0.25, 0.3) is 0 Å². The van der Waals surface area contributed by atoms with Gasteiger partial charge in [-0.3, -0.25) is 4.79 Å². The van der Waals surface area contributed by atoms with E-state index in [-0.39, 0.29) is 5.78 Å². The maximum atomic E-state index is 12.5. The van der Waals surface area contributed by atoms with Crippen molar-refractivity contribution >= 4 is 29.0 Å². The highest BCUT2D eigenvalue weighted by molar-refractivity contribution is 6.37. The first-order valence-corrected chi connectivity index (χ1v) is 6.53. The lowest BCUT2D eigenvalue weighted by Crippen LogP contribution is -2.03. The number of halogens is 2. The van der Waals surface area contributed by atoms with Gasteiger partial charge in [-0.05, 0) is 30.3 Å². The zero-order valence-electron chi connectivity index (χ0n) is 10.9. The van der Waals surface area contributed by atoms with Crippen LogP contribution in [-0.2, 0) is 0 Å². The summed E-state index contributed by atoms with van der Waals surface area (Å²) >= 11 is 11.9. The predicted octanol–water partition coefficient (Wildman–Crippen LogP) is 4.24. The summed E-state index contributed by atoms with van der Waals surface area (Å²) in [7, 11) is 3.05. The second kappa shape index (κ2) is 6.16. The summed E-state index contributed by atoms with van der Waals surface area (Å²) in [5.74, 6) is 0.861. The van der Waals surface area contributed by atoms with E-state index >= 15 is 0 Å². The van der Waals surface area contributed by atoms with Crippen LogP contribution in [0.3, 0.4) is 0 Å². The first-order chi connectivity index (χ1) is 9.55. The average Bonchev–Trinajstić information content (AvgIpc) is 2.46. The van der Waals surface area contributed by atoms with Gasteiger partial charge in [0, 0.05) is 22.2 Å². The minimum absolute atomic E-state index is 0.219. The molecule has 5 heteroatoms. The molecule has 0 N–H and O–H groups in total. The van der Waals surface area contributed by atoms with E-state index in [0.717, 1.165) is 0 Å². The molecule has 104 valence electrons. The Bertz CT molecular complexity index is 631. The standard InChI is InChI=1S/C15H12Cl2O3/c1-19-11-5-9(6-12(8-11)20-2)15(18)13-4-3-10(16)7-14(13)17/h3-8H,1-2H3. The van der Waals surface area contributed by atoms with Gasteiger partial charge >= 0.3 is 0 Å². The molecular formula is C15H12Cl2O3. The van der Waals surface area contributed by atoms with Crippen LogP contribution in [0.4, 0.5) is 0 Å². The molecule has 2 rings (SSSR count). The molecule has 20 heavy (non-hydrogen) atoms. The van der Waals surface area contributed by atoms with E-state index in [9.17, 15) is 4.79 Å². The molecule has 0 heterocycles. The number of methoxy groups -OCH3 is 2. The number of rotatable bonds is 4. The molecule has 0 spiro atoms. The second-order valence-corrected chi connectivity index (χ2v) is 4.90. The fourth-order valence-electron chi connectivity index (χ4n) is 1.77. The fraction of sp³-hybridized carbons (Fsp3) is 0.133. The van der Waals surface area contributed by atoms with E-state index in [1.807, 2.05) is 0 Å². The third-order valence-electron chi connectivity index (χ3n) is 2.79. The number of carbonyl (C=O) groups excluding carboxylic acids is 1. The van der Waals surface area contributed by atoms with E-state index in [4.69, 9.17) is 32.7 Å². The van der Waals surface area contributed by atoms with Gasteiger partial charge in [0.05, 0.1) is 19.2 Å². The van der Waals surface area contributed by atoms with Gasteiger partial charge in [-0.25, -0.2) is 0 Å².